The van der Waals surface area contributed by atoms with Crippen LogP contribution in [0.1, 0.15) is 41.1 Å². The van der Waals surface area contributed by atoms with E-state index >= 15 is 0 Å². The molecule has 164 valence electrons. The van der Waals surface area contributed by atoms with E-state index in [0.29, 0.717) is 74.9 Å². The molecule has 0 radical (unpaired) electrons. The number of fused-ring (bicyclic) bond motifs is 1. The number of benzene rings is 1. The standard InChI is InChI=1S/C22H25N3O6/c1-15-10-17(31-23-15)12-25-13-22(30-9-4-20(25)26)5-7-24(8-6-22)21(27)16-2-3-18-19(11-16)29-14-28-18/h2-3,10-11H,4-9,12-14H2,1H3. The second-order valence-corrected chi connectivity index (χ2v) is 8.33. The van der Waals surface area contributed by atoms with Crippen molar-refractivity contribution in [3.05, 3.63) is 41.3 Å². The fourth-order valence-corrected chi connectivity index (χ4v) is 4.45. The Bertz CT molecular complexity index is 995. The second-order valence-electron chi connectivity index (χ2n) is 8.33. The zero-order chi connectivity index (χ0) is 21.4. The van der Waals surface area contributed by atoms with Gasteiger partial charge in [0, 0.05) is 24.7 Å². The van der Waals surface area contributed by atoms with Crippen molar-refractivity contribution in [3.8, 4) is 11.5 Å². The van der Waals surface area contributed by atoms with E-state index in [-0.39, 0.29) is 18.6 Å². The van der Waals surface area contributed by atoms with Crippen LogP contribution in [0.15, 0.2) is 28.8 Å². The van der Waals surface area contributed by atoms with Crippen LogP contribution in [0.2, 0.25) is 0 Å². The van der Waals surface area contributed by atoms with Gasteiger partial charge in [-0.25, -0.2) is 0 Å². The SMILES string of the molecule is Cc1cc(CN2CC3(CCN(C(=O)c4ccc5c(c4)OCO5)CC3)OCCC2=O)on1. The molecule has 0 bridgehead atoms. The minimum absolute atomic E-state index is 0.0353. The Morgan fingerprint density at radius 3 is 2.74 bits per heavy atom. The zero-order valence-electron chi connectivity index (χ0n) is 17.5. The van der Waals surface area contributed by atoms with E-state index in [1.165, 1.54) is 0 Å². The summed E-state index contributed by atoms with van der Waals surface area (Å²) in [5, 5.41) is 3.91. The Kier molecular flexibility index (Phi) is 5.05. The van der Waals surface area contributed by atoms with Gasteiger partial charge in [-0.3, -0.25) is 9.59 Å². The molecule has 2 saturated heterocycles. The summed E-state index contributed by atoms with van der Waals surface area (Å²) in [5.74, 6) is 1.94. The summed E-state index contributed by atoms with van der Waals surface area (Å²) in [6, 6.07) is 7.11. The van der Waals surface area contributed by atoms with Crippen molar-refractivity contribution >= 4 is 11.8 Å². The van der Waals surface area contributed by atoms with Gasteiger partial charge >= 0.3 is 0 Å². The molecule has 5 rings (SSSR count). The first kappa shape index (κ1) is 19.9. The summed E-state index contributed by atoms with van der Waals surface area (Å²) in [7, 11) is 0. The summed E-state index contributed by atoms with van der Waals surface area (Å²) in [6.07, 6.45) is 1.68. The van der Waals surface area contributed by atoms with Crippen molar-refractivity contribution in [1.29, 1.82) is 0 Å². The molecule has 0 aliphatic carbocycles. The maximum absolute atomic E-state index is 13.0. The van der Waals surface area contributed by atoms with Crippen LogP contribution in [0.3, 0.4) is 0 Å². The van der Waals surface area contributed by atoms with Crippen LogP contribution >= 0.6 is 0 Å². The van der Waals surface area contributed by atoms with Gasteiger partial charge in [-0.1, -0.05) is 5.16 Å². The van der Waals surface area contributed by atoms with Crippen molar-refractivity contribution in [1.82, 2.24) is 15.0 Å². The lowest BCUT2D eigenvalue weighted by Gasteiger charge is -2.42. The van der Waals surface area contributed by atoms with Gasteiger partial charge < -0.3 is 28.5 Å². The number of carbonyl (C=O) groups excluding carboxylic acids is 2. The van der Waals surface area contributed by atoms with Crippen LogP contribution in [-0.4, -0.2) is 65.4 Å². The average Bonchev–Trinajstić information content (AvgIpc) is 3.38. The molecule has 2 amide bonds. The number of aromatic nitrogens is 1. The van der Waals surface area contributed by atoms with Crippen molar-refractivity contribution in [2.75, 3.05) is 33.0 Å². The molecule has 31 heavy (non-hydrogen) atoms. The molecule has 3 aliphatic rings. The van der Waals surface area contributed by atoms with Crippen molar-refractivity contribution in [2.45, 2.75) is 38.3 Å². The van der Waals surface area contributed by atoms with E-state index in [1.807, 2.05) is 17.9 Å². The fourth-order valence-electron chi connectivity index (χ4n) is 4.45. The highest BCUT2D eigenvalue weighted by Crippen LogP contribution is 2.34. The third-order valence-corrected chi connectivity index (χ3v) is 6.16. The Hall–Kier alpha value is -3.07. The lowest BCUT2D eigenvalue weighted by Crippen LogP contribution is -2.53. The molecule has 1 spiro atoms. The van der Waals surface area contributed by atoms with Crippen LogP contribution in [-0.2, 0) is 16.1 Å². The van der Waals surface area contributed by atoms with Gasteiger partial charge in [0.15, 0.2) is 17.3 Å². The van der Waals surface area contributed by atoms with Crippen molar-refractivity contribution < 1.29 is 28.3 Å². The molecule has 9 heteroatoms. The summed E-state index contributed by atoms with van der Waals surface area (Å²) in [5.41, 5.74) is 0.922. The zero-order valence-corrected chi connectivity index (χ0v) is 17.5. The third-order valence-electron chi connectivity index (χ3n) is 6.16. The molecule has 4 heterocycles. The van der Waals surface area contributed by atoms with Gasteiger partial charge in [0.05, 0.1) is 37.4 Å². The second kappa shape index (κ2) is 7.88. The Balaban J connectivity index is 1.25. The van der Waals surface area contributed by atoms with Crippen LogP contribution in [0.5, 0.6) is 11.5 Å². The monoisotopic (exact) mass is 427 g/mol. The molecule has 1 aromatic heterocycles. The first-order chi connectivity index (χ1) is 15.0. The number of nitrogens with zero attached hydrogens (tertiary/aromatic N) is 3. The van der Waals surface area contributed by atoms with Gasteiger partial charge in [0.1, 0.15) is 0 Å². The fraction of sp³-hybridized carbons (Fsp3) is 0.500. The van der Waals surface area contributed by atoms with Gasteiger partial charge in [0.2, 0.25) is 12.7 Å². The average molecular weight is 427 g/mol. The lowest BCUT2D eigenvalue weighted by molar-refractivity contribution is -0.132. The molecular weight excluding hydrogens is 402 g/mol. The molecule has 0 N–H and O–H groups in total. The topological polar surface area (TPSA) is 94.3 Å². The molecule has 2 fully saturated rings. The number of amides is 2. The highest BCUT2D eigenvalue weighted by molar-refractivity contribution is 5.95. The van der Waals surface area contributed by atoms with Crippen molar-refractivity contribution in [2.24, 2.45) is 0 Å². The first-order valence-corrected chi connectivity index (χ1v) is 10.5. The third kappa shape index (κ3) is 3.97. The molecule has 0 atom stereocenters. The van der Waals surface area contributed by atoms with Crippen LogP contribution in [0, 0.1) is 6.92 Å². The Labute approximate surface area is 179 Å². The van der Waals surface area contributed by atoms with Crippen molar-refractivity contribution in [3.63, 3.8) is 0 Å². The molecule has 2 aromatic rings. The molecule has 3 aliphatic heterocycles. The predicted molar refractivity (Wildman–Crippen MR) is 108 cm³/mol. The number of hydrogen-bond donors (Lipinski definition) is 0. The minimum atomic E-state index is -0.451. The van der Waals surface area contributed by atoms with Gasteiger partial charge in [-0.15, -0.1) is 0 Å². The summed E-state index contributed by atoms with van der Waals surface area (Å²) < 4.78 is 22.2. The van der Waals surface area contributed by atoms with E-state index in [4.69, 9.17) is 18.7 Å². The highest BCUT2D eigenvalue weighted by Gasteiger charge is 2.41. The highest BCUT2D eigenvalue weighted by atomic mass is 16.7. The van der Waals surface area contributed by atoms with Crippen LogP contribution in [0.4, 0.5) is 0 Å². The van der Waals surface area contributed by atoms with Gasteiger partial charge in [-0.2, -0.15) is 0 Å². The summed E-state index contributed by atoms with van der Waals surface area (Å²) >= 11 is 0. The molecule has 0 saturated carbocycles. The smallest absolute Gasteiger partial charge is 0.253 e. The molecule has 9 nitrogen and oxygen atoms in total. The lowest BCUT2D eigenvalue weighted by atomic mass is 9.90. The number of likely N-dealkylation sites (tertiary alicyclic amines) is 1. The number of ether oxygens (including phenoxy) is 3. The normalized spacial score (nSPS) is 20.2. The Morgan fingerprint density at radius 1 is 1.16 bits per heavy atom. The molecule has 0 unspecified atom stereocenters. The number of rotatable bonds is 3. The molecule has 1 aromatic carbocycles. The predicted octanol–water partition coefficient (Wildman–Crippen LogP) is 2.14. The number of piperidine rings is 1. The minimum Gasteiger partial charge on any atom is -0.454 e. The van der Waals surface area contributed by atoms with Gasteiger partial charge in [-0.05, 0) is 38.0 Å². The summed E-state index contributed by atoms with van der Waals surface area (Å²) in [4.78, 5) is 29.2. The number of aryl methyl sites for hydroxylation is 1. The quantitative estimate of drug-likeness (QED) is 0.741. The first-order valence-electron chi connectivity index (χ1n) is 10.5. The summed E-state index contributed by atoms with van der Waals surface area (Å²) in [6.45, 7) is 4.42. The van der Waals surface area contributed by atoms with Crippen LogP contribution < -0.4 is 9.47 Å². The van der Waals surface area contributed by atoms with Crippen LogP contribution in [0.25, 0.3) is 0 Å². The number of hydrogen-bond acceptors (Lipinski definition) is 7. The van der Waals surface area contributed by atoms with E-state index in [1.54, 1.807) is 23.1 Å². The maximum Gasteiger partial charge on any atom is 0.253 e. The van der Waals surface area contributed by atoms with E-state index in [2.05, 4.69) is 5.16 Å². The van der Waals surface area contributed by atoms with E-state index in [0.717, 1.165) is 5.69 Å². The molecular formula is C22H25N3O6. The largest absolute Gasteiger partial charge is 0.454 e. The van der Waals surface area contributed by atoms with Gasteiger partial charge in [0.25, 0.3) is 5.91 Å². The van der Waals surface area contributed by atoms with E-state index < -0.39 is 5.60 Å². The number of carbonyl (C=O) groups is 2. The maximum atomic E-state index is 13.0. The van der Waals surface area contributed by atoms with E-state index in [9.17, 15) is 9.59 Å². The Morgan fingerprint density at radius 2 is 1.97 bits per heavy atom.